The first kappa shape index (κ1) is 23.0. The second-order valence-electron chi connectivity index (χ2n) is 7.32. The first-order valence-electron chi connectivity index (χ1n) is 10.0. The summed E-state index contributed by atoms with van der Waals surface area (Å²) >= 11 is 12.7. The van der Waals surface area contributed by atoms with Crippen LogP contribution in [0.3, 0.4) is 0 Å². The fraction of sp³-hybridized carbons (Fsp3) is 0.304. The molecule has 0 aromatic heterocycles. The highest BCUT2D eigenvalue weighted by Crippen LogP contribution is 2.54. The molecular weight excluding hydrogens is 439 g/mol. The van der Waals surface area contributed by atoms with Gasteiger partial charge in [-0.25, -0.2) is 9.59 Å². The first-order valence-corrected chi connectivity index (χ1v) is 10.8. The first-order chi connectivity index (χ1) is 14.8. The zero-order valence-corrected chi connectivity index (χ0v) is 18.8. The third-order valence-electron chi connectivity index (χ3n) is 5.34. The largest absolute Gasteiger partial charge is 0.478 e. The van der Waals surface area contributed by atoms with E-state index in [1.807, 2.05) is 32.0 Å². The summed E-state index contributed by atoms with van der Waals surface area (Å²) < 4.78 is 5.10. The van der Waals surface area contributed by atoms with Crippen molar-refractivity contribution in [1.82, 2.24) is 0 Å². The fourth-order valence-corrected chi connectivity index (χ4v) is 4.61. The molecule has 1 heterocycles. The number of amides is 1. The van der Waals surface area contributed by atoms with Gasteiger partial charge in [0.2, 0.25) is 0 Å². The van der Waals surface area contributed by atoms with Gasteiger partial charge in [0.1, 0.15) is 0 Å². The molecule has 0 saturated heterocycles. The summed E-state index contributed by atoms with van der Waals surface area (Å²) in [5.74, 6) is -1.41. The molecule has 2 aromatic rings. The van der Waals surface area contributed by atoms with Crippen LogP contribution in [-0.4, -0.2) is 23.8 Å². The molecule has 1 aliphatic rings. The molecule has 2 aromatic carbocycles. The summed E-state index contributed by atoms with van der Waals surface area (Å²) in [5, 5.41) is 16.5. The van der Waals surface area contributed by atoms with Crippen molar-refractivity contribution in [2.75, 3.05) is 17.2 Å². The lowest BCUT2D eigenvalue weighted by Crippen LogP contribution is -2.35. The summed E-state index contributed by atoms with van der Waals surface area (Å²) in [7, 11) is 0. The minimum Gasteiger partial charge on any atom is -0.478 e. The van der Waals surface area contributed by atoms with Gasteiger partial charge < -0.3 is 15.2 Å². The van der Waals surface area contributed by atoms with E-state index in [1.165, 1.54) is 0 Å². The predicted molar refractivity (Wildman–Crippen MR) is 123 cm³/mol. The molecule has 0 fully saturated rings. The Labute approximate surface area is 191 Å². The van der Waals surface area contributed by atoms with Gasteiger partial charge >= 0.3 is 12.1 Å². The van der Waals surface area contributed by atoms with Crippen LogP contribution in [-0.2, 0) is 15.1 Å². The number of anilines is 2. The normalized spacial score (nSPS) is 19.7. The average Bonchev–Trinajstić information content (AvgIpc) is 3.05. The molecule has 1 aliphatic heterocycles. The molecule has 3 rings (SSSR count). The van der Waals surface area contributed by atoms with Crippen molar-refractivity contribution in [2.45, 2.75) is 38.1 Å². The van der Waals surface area contributed by atoms with Gasteiger partial charge in [-0.2, -0.15) is 0 Å². The van der Waals surface area contributed by atoms with E-state index in [2.05, 4.69) is 10.6 Å². The number of carboxylic acid groups (broad SMARTS) is 1. The smallest absolute Gasteiger partial charge is 0.411 e. The molecule has 2 atom stereocenters. The molecule has 6 nitrogen and oxygen atoms in total. The summed E-state index contributed by atoms with van der Waals surface area (Å²) in [6, 6.07) is 10.8. The number of halogens is 2. The van der Waals surface area contributed by atoms with E-state index in [0.29, 0.717) is 28.8 Å². The number of nitrogens with one attached hydrogen (secondary N) is 2. The van der Waals surface area contributed by atoms with Crippen molar-refractivity contribution >= 4 is 46.6 Å². The van der Waals surface area contributed by atoms with E-state index in [1.54, 1.807) is 24.3 Å². The van der Waals surface area contributed by atoms with Crippen molar-refractivity contribution in [3.05, 3.63) is 69.7 Å². The van der Waals surface area contributed by atoms with Gasteiger partial charge in [-0.15, -0.1) is 0 Å². The van der Waals surface area contributed by atoms with Crippen molar-refractivity contribution in [1.29, 1.82) is 0 Å². The minimum absolute atomic E-state index is 0.336. The highest BCUT2D eigenvalue weighted by atomic mass is 35.5. The summed E-state index contributed by atoms with van der Waals surface area (Å²) in [6.45, 7) is 4.26. The zero-order chi connectivity index (χ0) is 22.6. The van der Waals surface area contributed by atoms with Crippen molar-refractivity contribution < 1.29 is 19.4 Å². The topological polar surface area (TPSA) is 87.7 Å². The zero-order valence-electron chi connectivity index (χ0n) is 17.2. The molecule has 0 radical (unpaired) electrons. The Morgan fingerprint density at radius 2 is 2.03 bits per heavy atom. The number of carboxylic acids is 1. The van der Waals surface area contributed by atoms with Crippen LogP contribution < -0.4 is 10.6 Å². The number of carbonyl (C=O) groups excluding carboxylic acids is 1. The molecule has 3 N–H and O–H groups in total. The van der Waals surface area contributed by atoms with Crippen LogP contribution >= 0.6 is 23.2 Å². The van der Waals surface area contributed by atoms with E-state index < -0.39 is 17.6 Å². The van der Waals surface area contributed by atoms with Gasteiger partial charge in [-0.3, -0.25) is 5.32 Å². The molecular formula is C23H24Cl2N2O4. The lowest BCUT2D eigenvalue weighted by molar-refractivity contribution is -0.131. The molecule has 0 bridgehead atoms. The van der Waals surface area contributed by atoms with E-state index in [9.17, 15) is 14.7 Å². The highest BCUT2D eigenvalue weighted by molar-refractivity contribution is 6.35. The Hall–Kier alpha value is -2.70. The average molecular weight is 463 g/mol. The Morgan fingerprint density at radius 3 is 2.71 bits per heavy atom. The quantitative estimate of drug-likeness (QED) is 0.413. The molecule has 31 heavy (non-hydrogen) atoms. The third kappa shape index (κ3) is 4.81. The Morgan fingerprint density at radius 1 is 1.26 bits per heavy atom. The Balaban J connectivity index is 2.06. The lowest BCUT2D eigenvalue weighted by atomic mass is 9.75. The van der Waals surface area contributed by atoms with Gasteiger partial charge in [0.05, 0.1) is 12.1 Å². The van der Waals surface area contributed by atoms with E-state index in [0.717, 1.165) is 29.3 Å². The number of benzene rings is 2. The van der Waals surface area contributed by atoms with Gasteiger partial charge in [-0.05, 0) is 42.7 Å². The third-order valence-corrected chi connectivity index (χ3v) is 5.88. The van der Waals surface area contributed by atoms with Crippen LogP contribution in [0.4, 0.5) is 16.2 Å². The standard InChI is InChI=1S/C23H24Cl2N2O4/c1-3-10-31-22(30)26-16-7-5-6-14(11-16)23(4-2)17(8-9-20(28)29)21-18(25)12-15(24)13-19(21)27-23/h5-9,11-13,17,27H,3-4,10H2,1-2H3,(H,26,30)(H,28,29). The highest BCUT2D eigenvalue weighted by Gasteiger charge is 2.46. The fourth-order valence-electron chi connectivity index (χ4n) is 4.00. The number of aliphatic carboxylic acids is 1. The number of rotatable bonds is 7. The molecule has 0 saturated carbocycles. The van der Waals surface area contributed by atoms with E-state index >= 15 is 0 Å². The van der Waals surface area contributed by atoms with Gasteiger partial charge in [0, 0.05) is 39.0 Å². The summed E-state index contributed by atoms with van der Waals surface area (Å²) in [4.78, 5) is 23.3. The van der Waals surface area contributed by atoms with Crippen LogP contribution in [0.2, 0.25) is 10.0 Å². The second-order valence-corrected chi connectivity index (χ2v) is 8.16. The van der Waals surface area contributed by atoms with Gasteiger partial charge in [-0.1, -0.05) is 55.3 Å². The van der Waals surface area contributed by atoms with Crippen molar-refractivity contribution in [3.8, 4) is 0 Å². The monoisotopic (exact) mass is 462 g/mol. The molecule has 2 unspecified atom stereocenters. The van der Waals surface area contributed by atoms with Crippen LogP contribution in [0.25, 0.3) is 0 Å². The van der Waals surface area contributed by atoms with Crippen LogP contribution in [0.1, 0.15) is 43.7 Å². The number of ether oxygens (including phenoxy) is 1. The van der Waals surface area contributed by atoms with Crippen LogP contribution in [0.15, 0.2) is 48.6 Å². The SMILES string of the molecule is CCCOC(=O)Nc1cccc(C2(CC)Nc3cc(Cl)cc(Cl)c3C2C=CC(=O)O)c1. The Bertz CT molecular complexity index is 1020. The van der Waals surface area contributed by atoms with Crippen LogP contribution in [0.5, 0.6) is 0 Å². The van der Waals surface area contributed by atoms with E-state index in [4.69, 9.17) is 27.9 Å². The van der Waals surface area contributed by atoms with Crippen molar-refractivity contribution in [3.63, 3.8) is 0 Å². The molecule has 8 heteroatoms. The van der Waals surface area contributed by atoms with Gasteiger partial charge in [0.25, 0.3) is 0 Å². The minimum atomic E-state index is -1.04. The molecule has 0 aliphatic carbocycles. The summed E-state index contributed by atoms with van der Waals surface area (Å²) in [6.07, 6.45) is 3.59. The lowest BCUT2D eigenvalue weighted by Gasteiger charge is -2.35. The van der Waals surface area contributed by atoms with Crippen molar-refractivity contribution in [2.24, 2.45) is 0 Å². The Kier molecular flexibility index (Phi) is 7.13. The predicted octanol–water partition coefficient (Wildman–Crippen LogP) is 6.41. The number of hydrogen-bond acceptors (Lipinski definition) is 4. The number of hydrogen-bond donors (Lipinski definition) is 3. The molecule has 1 amide bonds. The summed E-state index contributed by atoms with van der Waals surface area (Å²) in [5.41, 5.74) is 2.29. The van der Waals surface area contributed by atoms with Crippen LogP contribution in [0, 0.1) is 0 Å². The maximum absolute atomic E-state index is 12.0. The van der Waals surface area contributed by atoms with Gasteiger partial charge in [0.15, 0.2) is 0 Å². The number of fused-ring (bicyclic) bond motifs is 1. The van der Waals surface area contributed by atoms with E-state index in [-0.39, 0.29) is 5.92 Å². The maximum Gasteiger partial charge on any atom is 0.411 e. The second kappa shape index (κ2) is 9.62. The maximum atomic E-state index is 12.0. The molecule has 0 spiro atoms. The molecule has 164 valence electrons. The number of carbonyl (C=O) groups is 2.